The smallest absolute Gasteiger partial charge is 0.217 e. The van der Waals surface area contributed by atoms with Crippen molar-refractivity contribution in [3.8, 4) is 0 Å². The number of aryl methyl sites for hydroxylation is 2. The quantitative estimate of drug-likeness (QED) is 0.715. The molecule has 0 aliphatic heterocycles. The van der Waals surface area contributed by atoms with E-state index in [1.165, 1.54) is 14.2 Å². The molecule has 0 amide bonds. The van der Waals surface area contributed by atoms with E-state index in [1.54, 1.807) is 0 Å². The normalized spacial score (nSPS) is 10.8. The fraction of sp³-hybridized carbons (Fsp3) is 0.462. The zero-order chi connectivity index (χ0) is 12.1. The minimum Gasteiger partial charge on any atom is -0.349 e. The fourth-order valence-electron chi connectivity index (χ4n) is 1.81. The molecule has 0 atom stereocenters. The highest BCUT2D eigenvalue weighted by atomic mass is 16.7. The molecule has 0 heterocycles. The van der Waals surface area contributed by atoms with Gasteiger partial charge in [0.25, 0.3) is 0 Å². The van der Waals surface area contributed by atoms with Gasteiger partial charge in [-0.2, -0.15) is 0 Å². The SMILES string of the molecule is COC(OC)C(=O)Cc1cc(C)cc(C)c1. The zero-order valence-electron chi connectivity index (χ0n) is 10.2. The average Bonchev–Trinajstić information content (AvgIpc) is 2.17. The Hall–Kier alpha value is -1.19. The molecule has 0 aliphatic carbocycles. The topological polar surface area (TPSA) is 35.5 Å². The maximum atomic E-state index is 11.7. The first-order chi connectivity index (χ1) is 7.56. The molecule has 3 nitrogen and oxygen atoms in total. The molecular weight excluding hydrogens is 204 g/mol. The molecule has 0 aromatic heterocycles. The van der Waals surface area contributed by atoms with Gasteiger partial charge in [-0.1, -0.05) is 29.3 Å². The lowest BCUT2D eigenvalue weighted by Gasteiger charge is -2.12. The number of hydrogen-bond acceptors (Lipinski definition) is 3. The van der Waals surface area contributed by atoms with Crippen LogP contribution in [-0.4, -0.2) is 26.3 Å². The molecule has 1 aromatic rings. The maximum absolute atomic E-state index is 11.7. The van der Waals surface area contributed by atoms with Gasteiger partial charge in [0, 0.05) is 20.6 Å². The first-order valence-electron chi connectivity index (χ1n) is 5.22. The lowest BCUT2D eigenvalue weighted by atomic mass is 10.0. The van der Waals surface area contributed by atoms with Crippen molar-refractivity contribution in [1.82, 2.24) is 0 Å². The monoisotopic (exact) mass is 222 g/mol. The number of carbonyl (C=O) groups is 1. The van der Waals surface area contributed by atoms with Crippen LogP contribution in [0.25, 0.3) is 0 Å². The Bertz CT molecular complexity index is 347. The van der Waals surface area contributed by atoms with Gasteiger partial charge in [-0.3, -0.25) is 4.79 Å². The van der Waals surface area contributed by atoms with Crippen molar-refractivity contribution < 1.29 is 14.3 Å². The van der Waals surface area contributed by atoms with Crippen LogP contribution in [0.3, 0.4) is 0 Å². The molecule has 3 heteroatoms. The van der Waals surface area contributed by atoms with Gasteiger partial charge in [-0.05, 0) is 19.4 Å². The second-order valence-electron chi connectivity index (χ2n) is 3.94. The van der Waals surface area contributed by atoms with Crippen molar-refractivity contribution in [1.29, 1.82) is 0 Å². The molecule has 0 aliphatic rings. The van der Waals surface area contributed by atoms with Crippen LogP contribution in [-0.2, 0) is 20.7 Å². The summed E-state index contributed by atoms with van der Waals surface area (Å²) in [4.78, 5) is 11.7. The van der Waals surface area contributed by atoms with Crippen LogP contribution in [0.5, 0.6) is 0 Å². The summed E-state index contributed by atoms with van der Waals surface area (Å²) in [6, 6.07) is 6.10. The summed E-state index contributed by atoms with van der Waals surface area (Å²) in [5, 5.41) is 0. The lowest BCUT2D eigenvalue weighted by Crippen LogP contribution is -2.26. The van der Waals surface area contributed by atoms with E-state index in [-0.39, 0.29) is 5.78 Å². The van der Waals surface area contributed by atoms with E-state index < -0.39 is 6.29 Å². The van der Waals surface area contributed by atoms with E-state index in [0.717, 1.165) is 16.7 Å². The number of Topliss-reactive ketones (excluding diaryl/α,β-unsaturated/α-hetero) is 1. The Morgan fingerprint density at radius 1 is 1.12 bits per heavy atom. The minimum atomic E-state index is -0.763. The fourth-order valence-corrected chi connectivity index (χ4v) is 1.81. The Morgan fingerprint density at radius 3 is 2.06 bits per heavy atom. The molecule has 88 valence electrons. The third-order valence-electron chi connectivity index (χ3n) is 2.35. The van der Waals surface area contributed by atoms with Crippen molar-refractivity contribution in [2.75, 3.05) is 14.2 Å². The summed E-state index contributed by atoms with van der Waals surface area (Å²) in [5.74, 6) is -0.0602. The number of ketones is 1. The molecular formula is C13H18O3. The van der Waals surface area contributed by atoms with Crippen LogP contribution in [0.4, 0.5) is 0 Å². The molecule has 0 unspecified atom stereocenters. The van der Waals surface area contributed by atoms with E-state index in [4.69, 9.17) is 9.47 Å². The van der Waals surface area contributed by atoms with E-state index in [0.29, 0.717) is 6.42 Å². The molecule has 0 bridgehead atoms. The van der Waals surface area contributed by atoms with E-state index in [1.807, 2.05) is 26.0 Å². The predicted octanol–water partition coefficient (Wildman–Crippen LogP) is 2.03. The van der Waals surface area contributed by atoms with E-state index in [2.05, 4.69) is 6.07 Å². The van der Waals surface area contributed by atoms with Crippen molar-refractivity contribution in [2.45, 2.75) is 26.6 Å². The number of carbonyl (C=O) groups excluding carboxylic acids is 1. The first kappa shape index (κ1) is 12.9. The molecule has 0 fully saturated rings. The first-order valence-corrected chi connectivity index (χ1v) is 5.22. The minimum absolute atomic E-state index is 0.0602. The summed E-state index contributed by atoms with van der Waals surface area (Å²) in [6.45, 7) is 4.04. The van der Waals surface area contributed by atoms with Crippen LogP contribution in [0.2, 0.25) is 0 Å². The molecule has 0 saturated heterocycles. The van der Waals surface area contributed by atoms with Crippen molar-refractivity contribution in [3.05, 3.63) is 34.9 Å². The van der Waals surface area contributed by atoms with Crippen LogP contribution >= 0.6 is 0 Å². The Morgan fingerprint density at radius 2 is 1.62 bits per heavy atom. The van der Waals surface area contributed by atoms with Gasteiger partial charge in [0.05, 0.1) is 0 Å². The van der Waals surface area contributed by atoms with Crippen LogP contribution in [0.1, 0.15) is 16.7 Å². The third kappa shape index (κ3) is 3.43. The van der Waals surface area contributed by atoms with Crippen molar-refractivity contribution in [2.24, 2.45) is 0 Å². The molecule has 0 spiro atoms. The summed E-state index contributed by atoms with van der Waals surface area (Å²) in [7, 11) is 2.93. The third-order valence-corrected chi connectivity index (χ3v) is 2.35. The van der Waals surface area contributed by atoms with E-state index >= 15 is 0 Å². The molecule has 0 saturated carbocycles. The van der Waals surface area contributed by atoms with Gasteiger partial charge in [-0.25, -0.2) is 0 Å². The standard InChI is InChI=1S/C13H18O3/c1-9-5-10(2)7-11(6-9)8-12(14)13(15-3)16-4/h5-7,13H,8H2,1-4H3. The van der Waals surface area contributed by atoms with Gasteiger partial charge in [0.2, 0.25) is 6.29 Å². The molecule has 1 rings (SSSR count). The Balaban J connectivity index is 2.76. The molecule has 1 aromatic carbocycles. The maximum Gasteiger partial charge on any atom is 0.217 e. The predicted molar refractivity (Wildman–Crippen MR) is 62.4 cm³/mol. The largest absolute Gasteiger partial charge is 0.349 e. The summed E-state index contributed by atoms with van der Waals surface area (Å²) in [5.41, 5.74) is 3.32. The van der Waals surface area contributed by atoms with Gasteiger partial charge < -0.3 is 9.47 Å². The molecule has 0 radical (unpaired) electrons. The zero-order valence-corrected chi connectivity index (χ0v) is 10.2. The van der Waals surface area contributed by atoms with Crippen molar-refractivity contribution >= 4 is 5.78 Å². The molecule has 0 N–H and O–H groups in total. The highest BCUT2D eigenvalue weighted by molar-refractivity contribution is 5.84. The van der Waals surface area contributed by atoms with E-state index in [9.17, 15) is 4.79 Å². The van der Waals surface area contributed by atoms with Crippen LogP contribution in [0, 0.1) is 13.8 Å². The summed E-state index contributed by atoms with van der Waals surface area (Å²) in [6.07, 6.45) is -0.421. The number of methoxy groups -OCH3 is 2. The van der Waals surface area contributed by atoms with Gasteiger partial charge in [-0.15, -0.1) is 0 Å². The average molecular weight is 222 g/mol. The van der Waals surface area contributed by atoms with Gasteiger partial charge in [0.1, 0.15) is 0 Å². The molecule has 16 heavy (non-hydrogen) atoms. The Kier molecular flexibility index (Phi) is 4.65. The van der Waals surface area contributed by atoms with Crippen molar-refractivity contribution in [3.63, 3.8) is 0 Å². The lowest BCUT2D eigenvalue weighted by molar-refractivity contribution is -0.155. The number of hydrogen-bond donors (Lipinski definition) is 0. The number of benzene rings is 1. The van der Waals surface area contributed by atoms with Gasteiger partial charge in [0.15, 0.2) is 5.78 Å². The summed E-state index contributed by atoms with van der Waals surface area (Å²) >= 11 is 0. The second-order valence-corrected chi connectivity index (χ2v) is 3.94. The highest BCUT2D eigenvalue weighted by Crippen LogP contribution is 2.11. The second kappa shape index (κ2) is 5.77. The number of rotatable bonds is 5. The van der Waals surface area contributed by atoms with Crippen LogP contribution < -0.4 is 0 Å². The number of ether oxygens (including phenoxy) is 2. The summed E-state index contributed by atoms with van der Waals surface area (Å²) < 4.78 is 9.84. The Labute approximate surface area is 96.4 Å². The van der Waals surface area contributed by atoms with Crippen LogP contribution in [0.15, 0.2) is 18.2 Å². The van der Waals surface area contributed by atoms with Gasteiger partial charge >= 0.3 is 0 Å². The highest BCUT2D eigenvalue weighted by Gasteiger charge is 2.16.